The van der Waals surface area contributed by atoms with Gasteiger partial charge < -0.3 is 4.90 Å². The van der Waals surface area contributed by atoms with Crippen molar-refractivity contribution >= 4 is 5.82 Å². The Balaban J connectivity index is 2.25. The van der Waals surface area contributed by atoms with E-state index in [0.29, 0.717) is 5.41 Å². The number of nitriles is 1. The van der Waals surface area contributed by atoms with E-state index in [4.69, 9.17) is 0 Å². The van der Waals surface area contributed by atoms with Crippen molar-refractivity contribution in [1.29, 1.82) is 5.26 Å². The summed E-state index contributed by atoms with van der Waals surface area (Å²) in [4.78, 5) is 6.94. The van der Waals surface area contributed by atoms with Crippen LogP contribution in [0.4, 0.5) is 5.82 Å². The highest BCUT2D eigenvalue weighted by Crippen LogP contribution is 2.39. The lowest BCUT2D eigenvalue weighted by atomic mass is 9.74. The maximum atomic E-state index is 9.40. The Labute approximate surface area is 122 Å². The zero-order chi connectivity index (χ0) is 14.8. The molecule has 3 heteroatoms. The van der Waals surface area contributed by atoms with Gasteiger partial charge in [0, 0.05) is 18.8 Å². The Bertz CT molecular complexity index is 514. The summed E-state index contributed by atoms with van der Waals surface area (Å²) in [5.74, 6) is 0.894. The molecular formula is C17H25N3. The molecule has 20 heavy (non-hydrogen) atoms. The zero-order valence-electron chi connectivity index (χ0n) is 13.2. The number of aromatic nitrogens is 1. The molecule has 1 aromatic rings. The minimum atomic E-state index is 0.502. The average molecular weight is 271 g/mol. The lowest BCUT2D eigenvalue weighted by Gasteiger charge is -2.41. The summed E-state index contributed by atoms with van der Waals surface area (Å²) >= 11 is 0. The summed E-state index contributed by atoms with van der Waals surface area (Å²) in [7, 11) is 0. The summed E-state index contributed by atoms with van der Waals surface area (Å²) in [6.45, 7) is 10.6. The maximum Gasteiger partial charge on any atom is 0.147 e. The van der Waals surface area contributed by atoms with Gasteiger partial charge in [-0.1, -0.05) is 26.7 Å². The molecule has 0 amide bonds. The van der Waals surface area contributed by atoms with Crippen LogP contribution >= 0.6 is 0 Å². The van der Waals surface area contributed by atoms with Crippen LogP contribution in [0, 0.1) is 30.6 Å². The second-order valence-electron chi connectivity index (χ2n) is 6.09. The molecule has 3 nitrogen and oxygen atoms in total. The van der Waals surface area contributed by atoms with E-state index < -0.39 is 0 Å². The van der Waals surface area contributed by atoms with E-state index in [1.165, 1.54) is 25.7 Å². The number of aryl methyl sites for hydroxylation is 2. The van der Waals surface area contributed by atoms with E-state index in [9.17, 15) is 5.26 Å². The molecule has 1 fully saturated rings. The van der Waals surface area contributed by atoms with E-state index >= 15 is 0 Å². The predicted molar refractivity (Wildman–Crippen MR) is 82.9 cm³/mol. The minimum Gasteiger partial charge on any atom is -0.355 e. The Hall–Kier alpha value is -1.56. The zero-order valence-corrected chi connectivity index (χ0v) is 13.2. The van der Waals surface area contributed by atoms with Crippen LogP contribution in [0.5, 0.6) is 0 Å². The largest absolute Gasteiger partial charge is 0.355 e. The smallest absolute Gasteiger partial charge is 0.147 e. The second-order valence-corrected chi connectivity index (χ2v) is 6.09. The van der Waals surface area contributed by atoms with Gasteiger partial charge in [-0.25, -0.2) is 4.98 Å². The third-order valence-corrected chi connectivity index (χ3v) is 5.06. The molecule has 0 aromatic carbocycles. The van der Waals surface area contributed by atoms with Crippen molar-refractivity contribution in [3.8, 4) is 6.07 Å². The third-order valence-electron chi connectivity index (χ3n) is 5.06. The molecule has 0 saturated carbocycles. The standard InChI is InChI=1S/C17H25N3/c1-5-17(6-2)7-9-20(10-8-17)16-15(12-18)13(3)11-14(4)19-16/h11H,5-10H2,1-4H3. The van der Waals surface area contributed by atoms with Gasteiger partial charge in [0.15, 0.2) is 0 Å². The van der Waals surface area contributed by atoms with E-state index in [2.05, 4.69) is 29.8 Å². The molecule has 2 heterocycles. The number of hydrogen-bond acceptors (Lipinski definition) is 3. The number of anilines is 1. The predicted octanol–water partition coefficient (Wildman–Crippen LogP) is 3.98. The summed E-state index contributed by atoms with van der Waals surface area (Å²) in [5, 5.41) is 9.40. The maximum absolute atomic E-state index is 9.40. The van der Waals surface area contributed by atoms with Crippen molar-refractivity contribution in [2.75, 3.05) is 18.0 Å². The Morgan fingerprint density at radius 1 is 1.25 bits per heavy atom. The third kappa shape index (κ3) is 2.65. The average Bonchev–Trinajstić information content (AvgIpc) is 2.46. The summed E-state index contributed by atoms with van der Waals surface area (Å²) in [5.41, 5.74) is 3.29. The quantitative estimate of drug-likeness (QED) is 0.835. The van der Waals surface area contributed by atoms with Crippen molar-refractivity contribution in [3.05, 3.63) is 22.9 Å². The molecule has 108 valence electrons. The van der Waals surface area contributed by atoms with Gasteiger partial charge in [0.05, 0.1) is 5.56 Å². The molecule has 1 saturated heterocycles. The van der Waals surface area contributed by atoms with Crippen LogP contribution in [0.25, 0.3) is 0 Å². The first-order chi connectivity index (χ1) is 9.55. The molecule has 0 radical (unpaired) electrons. The first-order valence-corrected chi connectivity index (χ1v) is 7.68. The second kappa shape index (κ2) is 5.83. The molecule has 0 spiro atoms. The van der Waals surface area contributed by atoms with Crippen LogP contribution < -0.4 is 4.90 Å². The van der Waals surface area contributed by atoms with Crippen molar-refractivity contribution in [2.45, 2.75) is 53.4 Å². The lowest BCUT2D eigenvalue weighted by molar-refractivity contribution is 0.199. The van der Waals surface area contributed by atoms with Gasteiger partial charge in [-0.15, -0.1) is 0 Å². The monoisotopic (exact) mass is 271 g/mol. The molecule has 0 bridgehead atoms. The first kappa shape index (κ1) is 14.8. The van der Waals surface area contributed by atoms with Gasteiger partial charge in [0.1, 0.15) is 11.9 Å². The molecular weight excluding hydrogens is 246 g/mol. The van der Waals surface area contributed by atoms with Crippen LogP contribution in [0.1, 0.15) is 56.4 Å². The SMILES string of the molecule is CCC1(CC)CCN(c2nc(C)cc(C)c2C#N)CC1. The van der Waals surface area contributed by atoms with Crippen molar-refractivity contribution in [1.82, 2.24) is 4.98 Å². The van der Waals surface area contributed by atoms with Crippen LogP contribution in [0.2, 0.25) is 0 Å². The number of hydrogen-bond donors (Lipinski definition) is 0. The Morgan fingerprint density at radius 3 is 2.35 bits per heavy atom. The van der Waals surface area contributed by atoms with E-state index in [1.807, 2.05) is 19.9 Å². The fourth-order valence-electron chi connectivity index (χ4n) is 3.33. The molecule has 0 unspecified atom stereocenters. The van der Waals surface area contributed by atoms with Gasteiger partial charge in [0.2, 0.25) is 0 Å². The Kier molecular flexibility index (Phi) is 4.32. The van der Waals surface area contributed by atoms with Gasteiger partial charge in [-0.2, -0.15) is 5.26 Å². The normalized spacial score (nSPS) is 17.9. The molecule has 1 aliphatic heterocycles. The molecule has 0 N–H and O–H groups in total. The number of pyridine rings is 1. The fraction of sp³-hybridized carbons (Fsp3) is 0.647. The first-order valence-electron chi connectivity index (χ1n) is 7.68. The van der Waals surface area contributed by atoms with Crippen LogP contribution in [0.3, 0.4) is 0 Å². The molecule has 0 atom stereocenters. The molecule has 1 aliphatic rings. The van der Waals surface area contributed by atoms with E-state index in [0.717, 1.165) is 35.7 Å². The van der Waals surface area contributed by atoms with Crippen LogP contribution in [-0.4, -0.2) is 18.1 Å². The highest BCUT2D eigenvalue weighted by atomic mass is 15.2. The van der Waals surface area contributed by atoms with Crippen molar-refractivity contribution in [3.63, 3.8) is 0 Å². The van der Waals surface area contributed by atoms with E-state index in [1.54, 1.807) is 0 Å². The van der Waals surface area contributed by atoms with E-state index in [-0.39, 0.29) is 0 Å². The number of piperidine rings is 1. The van der Waals surface area contributed by atoms with Crippen LogP contribution in [0.15, 0.2) is 6.07 Å². The topological polar surface area (TPSA) is 39.9 Å². The highest BCUT2D eigenvalue weighted by Gasteiger charge is 2.32. The van der Waals surface area contributed by atoms with Gasteiger partial charge in [-0.05, 0) is 43.7 Å². The van der Waals surface area contributed by atoms with Gasteiger partial charge in [0.25, 0.3) is 0 Å². The number of rotatable bonds is 3. The summed E-state index contributed by atoms with van der Waals surface area (Å²) in [6.07, 6.45) is 4.92. The number of nitrogens with zero attached hydrogens (tertiary/aromatic N) is 3. The van der Waals surface area contributed by atoms with Crippen molar-refractivity contribution < 1.29 is 0 Å². The Morgan fingerprint density at radius 2 is 1.85 bits per heavy atom. The molecule has 1 aromatic heterocycles. The van der Waals surface area contributed by atoms with Gasteiger partial charge in [-0.3, -0.25) is 0 Å². The summed E-state index contributed by atoms with van der Waals surface area (Å²) in [6, 6.07) is 4.33. The molecule has 2 rings (SSSR count). The lowest BCUT2D eigenvalue weighted by Crippen LogP contribution is -2.40. The highest BCUT2D eigenvalue weighted by molar-refractivity contribution is 5.58. The van der Waals surface area contributed by atoms with Crippen molar-refractivity contribution in [2.24, 2.45) is 5.41 Å². The fourth-order valence-corrected chi connectivity index (χ4v) is 3.33. The minimum absolute atomic E-state index is 0.502. The van der Waals surface area contributed by atoms with Crippen LogP contribution in [-0.2, 0) is 0 Å². The molecule has 0 aliphatic carbocycles. The van der Waals surface area contributed by atoms with Gasteiger partial charge >= 0.3 is 0 Å². The summed E-state index contributed by atoms with van der Waals surface area (Å²) < 4.78 is 0.